The highest BCUT2D eigenvalue weighted by Crippen LogP contribution is 2.04. The van der Waals surface area contributed by atoms with Gasteiger partial charge in [0.25, 0.3) is 0 Å². The molecule has 1 atom stereocenters. The summed E-state index contributed by atoms with van der Waals surface area (Å²) in [5.41, 5.74) is 0. The number of rotatable bonds is 8. The summed E-state index contributed by atoms with van der Waals surface area (Å²) in [6, 6.07) is 0. The average Bonchev–Trinajstić information content (AvgIpc) is 2.22. The predicted molar refractivity (Wildman–Crippen MR) is 73.5 cm³/mol. The summed E-state index contributed by atoms with van der Waals surface area (Å²) in [6.07, 6.45) is 12.4. The normalized spacial score (nSPS) is 12.1. The van der Waals surface area contributed by atoms with Crippen molar-refractivity contribution >= 4 is 0 Å². The molecule has 0 rings (SSSR count). The second kappa shape index (κ2) is 16.6. The van der Waals surface area contributed by atoms with E-state index in [1.807, 2.05) is 6.08 Å². The highest BCUT2D eigenvalue weighted by atomic mass is 16.3. The lowest BCUT2D eigenvalue weighted by Crippen LogP contribution is -1.99. The van der Waals surface area contributed by atoms with Gasteiger partial charge in [-0.05, 0) is 19.3 Å². The highest BCUT2D eigenvalue weighted by molar-refractivity contribution is 4.91. The molecule has 2 N–H and O–H groups in total. The fraction of sp³-hybridized carbons (Fsp3) is 0.571. The first-order valence-electron chi connectivity index (χ1n) is 4.99. The molecule has 0 aromatic heterocycles. The Labute approximate surface area is 101 Å². The van der Waals surface area contributed by atoms with Crippen LogP contribution in [-0.2, 0) is 0 Å². The zero-order valence-electron chi connectivity index (χ0n) is 8.60. The molecule has 0 aliphatic heterocycles. The molecule has 0 aliphatic carbocycles. The number of aliphatic hydroxyl groups excluding tert-OH is 2. The molecule has 1 unspecified atom stereocenters. The van der Waals surface area contributed by atoms with Gasteiger partial charge in [0.05, 0.1) is 6.61 Å². The molecule has 16 heavy (non-hydrogen) atoms. The Kier molecular flexibility index (Phi) is 21.3. The standard InChI is InChI=1S/C12H20O2.2CH4/c1-2-12(11-14)9-7-5-3-4-6-8-10-13;;/h2,5-8,12-14H,1,3-4,9-11H2;2*1H4/b7-5-,8-6+;;. The molecule has 0 aromatic carbocycles. The van der Waals surface area contributed by atoms with Crippen LogP contribution in [0.25, 0.3) is 0 Å². The molecule has 0 amide bonds. The van der Waals surface area contributed by atoms with Crippen molar-refractivity contribution in [3.8, 4) is 0 Å². The van der Waals surface area contributed by atoms with Crippen LogP contribution in [0.5, 0.6) is 0 Å². The minimum atomic E-state index is 0. The van der Waals surface area contributed by atoms with Gasteiger partial charge in [0.2, 0.25) is 0 Å². The van der Waals surface area contributed by atoms with E-state index in [0.29, 0.717) is 0 Å². The van der Waals surface area contributed by atoms with Gasteiger partial charge in [0.15, 0.2) is 0 Å². The van der Waals surface area contributed by atoms with E-state index < -0.39 is 0 Å². The van der Waals surface area contributed by atoms with Crippen molar-refractivity contribution in [1.29, 1.82) is 0 Å². The smallest absolute Gasteiger partial charge is 0.0612 e. The van der Waals surface area contributed by atoms with Crippen LogP contribution in [0, 0.1) is 5.92 Å². The van der Waals surface area contributed by atoms with E-state index in [4.69, 9.17) is 10.2 Å². The lowest BCUT2D eigenvalue weighted by Gasteiger charge is -2.03. The molecule has 2 nitrogen and oxygen atoms in total. The largest absolute Gasteiger partial charge is 0.396 e. The summed E-state index contributed by atoms with van der Waals surface area (Å²) in [4.78, 5) is 0. The maximum atomic E-state index is 8.85. The lowest BCUT2D eigenvalue weighted by atomic mass is 10.1. The Morgan fingerprint density at radius 3 is 1.94 bits per heavy atom. The van der Waals surface area contributed by atoms with Crippen LogP contribution in [0.4, 0.5) is 0 Å². The van der Waals surface area contributed by atoms with Gasteiger partial charge in [0.1, 0.15) is 0 Å². The van der Waals surface area contributed by atoms with E-state index in [-0.39, 0.29) is 34.0 Å². The van der Waals surface area contributed by atoms with Gasteiger partial charge in [-0.25, -0.2) is 0 Å². The topological polar surface area (TPSA) is 40.5 Å². The van der Waals surface area contributed by atoms with Gasteiger partial charge in [-0.3, -0.25) is 0 Å². The van der Waals surface area contributed by atoms with Gasteiger partial charge >= 0.3 is 0 Å². The third-order valence-electron chi connectivity index (χ3n) is 1.95. The summed E-state index contributed by atoms with van der Waals surface area (Å²) < 4.78 is 0. The number of unbranched alkanes of at least 4 members (excludes halogenated alkanes) is 1. The Balaban J connectivity index is -0.000000845. The van der Waals surface area contributed by atoms with Crippen molar-refractivity contribution in [2.45, 2.75) is 34.1 Å². The molecular formula is C14H28O2. The van der Waals surface area contributed by atoms with Crippen LogP contribution in [0.2, 0.25) is 0 Å². The van der Waals surface area contributed by atoms with E-state index in [0.717, 1.165) is 19.3 Å². The summed E-state index contributed by atoms with van der Waals surface area (Å²) in [6.45, 7) is 3.92. The molecule has 0 heterocycles. The fourth-order valence-corrected chi connectivity index (χ4v) is 1.02. The molecular weight excluding hydrogens is 200 g/mol. The molecule has 96 valence electrons. The number of aliphatic hydroxyl groups is 2. The van der Waals surface area contributed by atoms with Gasteiger partial charge in [-0.15, -0.1) is 6.58 Å². The average molecular weight is 228 g/mol. The Morgan fingerprint density at radius 1 is 0.938 bits per heavy atom. The summed E-state index contributed by atoms with van der Waals surface area (Å²) in [5.74, 6) is 0.180. The van der Waals surface area contributed by atoms with Crippen molar-refractivity contribution in [3.63, 3.8) is 0 Å². The Bertz CT molecular complexity index is 183. The highest BCUT2D eigenvalue weighted by Gasteiger charge is 1.96. The minimum Gasteiger partial charge on any atom is -0.396 e. The molecule has 2 heteroatoms. The summed E-state index contributed by atoms with van der Waals surface area (Å²) >= 11 is 0. The second-order valence-corrected chi connectivity index (χ2v) is 3.12. The van der Waals surface area contributed by atoms with E-state index in [1.54, 1.807) is 12.2 Å². The quantitative estimate of drug-likeness (QED) is 0.494. The van der Waals surface area contributed by atoms with Crippen LogP contribution in [-0.4, -0.2) is 23.4 Å². The zero-order chi connectivity index (χ0) is 10.6. The lowest BCUT2D eigenvalue weighted by molar-refractivity contribution is 0.254. The molecule has 0 saturated carbocycles. The molecule has 0 radical (unpaired) electrons. The maximum Gasteiger partial charge on any atom is 0.0612 e. The van der Waals surface area contributed by atoms with Crippen LogP contribution in [0.15, 0.2) is 37.0 Å². The molecule has 0 aliphatic rings. The van der Waals surface area contributed by atoms with Crippen LogP contribution in [0.3, 0.4) is 0 Å². The Hall–Kier alpha value is -0.860. The van der Waals surface area contributed by atoms with E-state index in [1.165, 1.54) is 0 Å². The second-order valence-electron chi connectivity index (χ2n) is 3.12. The number of allylic oxidation sites excluding steroid dienone is 3. The molecule has 0 fully saturated rings. The van der Waals surface area contributed by atoms with Gasteiger partial charge < -0.3 is 10.2 Å². The predicted octanol–water partition coefficient (Wildman–Crippen LogP) is 3.33. The Morgan fingerprint density at radius 2 is 1.50 bits per heavy atom. The molecule has 0 bridgehead atoms. The first-order valence-corrected chi connectivity index (χ1v) is 4.99. The van der Waals surface area contributed by atoms with Crippen LogP contribution >= 0.6 is 0 Å². The maximum absolute atomic E-state index is 8.85. The van der Waals surface area contributed by atoms with Gasteiger partial charge in [-0.2, -0.15) is 0 Å². The van der Waals surface area contributed by atoms with Crippen molar-refractivity contribution in [2.24, 2.45) is 5.92 Å². The fourth-order valence-electron chi connectivity index (χ4n) is 1.02. The van der Waals surface area contributed by atoms with Crippen LogP contribution in [0.1, 0.15) is 34.1 Å². The summed E-state index contributed by atoms with van der Waals surface area (Å²) in [7, 11) is 0. The van der Waals surface area contributed by atoms with E-state index >= 15 is 0 Å². The molecule has 0 spiro atoms. The van der Waals surface area contributed by atoms with Gasteiger partial charge in [-0.1, -0.05) is 45.2 Å². The number of hydrogen-bond donors (Lipinski definition) is 2. The van der Waals surface area contributed by atoms with Crippen LogP contribution < -0.4 is 0 Å². The number of hydrogen-bond acceptors (Lipinski definition) is 2. The van der Waals surface area contributed by atoms with Crippen molar-refractivity contribution in [1.82, 2.24) is 0 Å². The molecule has 0 saturated heterocycles. The van der Waals surface area contributed by atoms with Crippen molar-refractivity contribution < 1.29 is 10.2 Å². The van der Waals surface area contributed by atoms with Crippen molar-refractivity contribution in [3.05, 3.63) is 37.0 Å². The third kappa shape index (κ3) is 13.1. The monoisotopic (exact) mass is 228 g/mol. The van der Waals surface area contributed by atoms with E-state index in [2.05, 4.69) is 18.7 Å². The van der Waals surface area contributed by atoms with Gasteiger partial charge in [0, 0.05) is 12.5 Å². The molecule has 0 aromatic rings. The van der Waals surface area contributed by atoms with E-state index in [9.17, 15) is 0 Å². The first-order chi connectivity index (χ1) is 6.85. The zero-order valence-corrected chi connectivity index (χ0v) is 8.60. The third-order valence-corrected chi connectivity index (χ3v) is 1.95. The minimum absolute atomic E-state index is 0. The summed E-state index contributed by atoms with van der Waals surface area (Å²) in [5, 5.41) is 17.3. The first kappa shape index (κ1) is 20.5. The van der Waals surface area contributed by atoms with Crippen molar-refractivity contribution in [2.75, 3.05) is 13.2 Å². The SMILES string of the molecule is C.C.C=CC(CO)C/C=C\CC/C=C/CO.